The zero-order valence-electron chi connectivity index (χ0n) is 12.0. The predicted octanol–water partition coefficient (Wildman–Crippen LogP) is 4.71. The third kappa shape index (κ3) is 3.64. The van der Waals surface area contributed by atoms with Crippen LogP contribution in [0.2, 0.25) is 0 Å². The van der Waals surface area contributed by atoms with Gasteiger partial charge >= 0.3 is 6.18 Å². The molecule has 1 unspecified atom stereocenters. The molecular formula is C17H18F3N. The highest BCUT2D eigenvalue weighted by Gasteiger charge is 2.31. The van der Waals surface area contributed by atoms with E-state index in [0.29, 0.717) is 12.1 Å². The Kier molecular flexibility index (Phi) is 4.68. The lowest BCUT2D eigenvalue weighted by Crippen LogP contribution is -2.23. The number of aryl methyl sites for hydroxylation is 1. The van der Waals surface area contributed by atoms with Crippen molar-refractivity contribution in [3.05, 3.63) is 70.8 Å². The van der Waals surface area contributed by atoms with E-state index in [0.717, 1.165) is 17.2 Å². The van der Waals surface area contributed by atoms with E-state index in [1.165, 1.54) is 12.1 Å². The van der Waals surface area contributed by atoms with Gasteiger partial charge in [-0.05, 0) is 42.3 Å². The maximum atomic E-state index is 12.9. The standard InChI is InChI=1S/C17H18F3N/c1-3-21-16(15-10-5-4-7-12(15)2)13-8-6-9-14(11-13)17(18,19)20/h4-11,16,21H,3H2,1-2H3. The lowest BCUT2D eigenvalue weighted by Gasteiger charge is -2.22. The monoisotopic (exact) mass is 293 g/mol. The van der Waals surface area contributed by atoms with Gasteiger partial charge < -0.3 is 5.32 Å². The van der Waals surface area contributed by atoms with Crippen molar-refractivity contribution < 1.29 is 13.2 Å². The molecule has 0 fully saturated rings. The maximum Gasteiger partial charge on any atom is 0.416 e. The third-order valence-corrected chi connectivity index (χ3v) is 3.46. The molecule has 0 heterocycles. The molecule has 2 aromatic rings. The molecule has 0 aliphatic rings. The van der Waals surface area contributed by atoms with Crippen LogP contribution in [0.15, 0.2) is 48.5 Å². The SMILES string of the molecule is CCNC(c1cccc(C(F)(F)F)c1)c1ccccc1C. The first-order valence-electron chi connectivity index (χ1n) is 6.89. The number of halogens is 3. The fourth-order valence-electron chi connectivity index (χ4n) is 2.42. The molecular weight excluding hydrogens is 275 g/mol. The average molecular weight is 293 g/mol. The summed E-state index contributed by atoms with van der Waals surface area (Å²) in [5.41, 5.74) is 2.07. The highest BCUT2D eigenvalue weighted by molar-refractivity contribution is 5.38. The Labute approximate surface area is 122 Å². The molecule has 1 atom stereocenters. The summed E-state index contributed by atoms with van der Waals surface area (Å²) in [5.74, 6) is 0. The van der Waals surface area contributed by atoms with Crippen molar-refractivity contribution in [1.29, 1.82) is 0 Å². The molecule has 0 radical (unpaired) electrons. The Morgan fingerprint density at radius 2 is 1.76 bits per heavy atom. The second-order valence-electron chi connectivity index (χ2n) is 4.97. The van der Waals surface area contributed by atoms with Gasteiger partial charge in [0.2, 0.25) is 0 Å². The number of benzene rings is 2. The number of nitrogens with one attached hydrogen (secondary N) is 1. The van der Waals surface area contributed by atoms with Gasteiger partial charge in [0.25, 0.3) is 0 Å². The van der Waals surface area contributed by atoms with Crippen molar-refractivity contribution in [3.8, 4) is 0 Å². The van der Waals surface area contributed by atoms with Crippen molar-refractivity contribution in [3.63, 3.8) is 0 Å². The lowest BCUT2D eigenvalue weighted by atomic mass is 9.94. The largest absolute Gasteiger partial charge is 0.416 e. The van der Waals surface area contributed by atoms with Gasteiger partial charge in [0.05, 0.1) is 11.6 Å². The van der Waals surface area contributed by atoms with Crippen LogP contribution in [0.4, 0.5) is 13.2 Å². The van der Waals surface area contributed by atoms with E-state index >= 15 is 0 Å². The summed E-state index contributed by atoms with van der Waals surface area (Å²) in [7, 11) is 0. The van der Waals surface area contributed by atoms with Crippen LogP contribution in [0.5, 0.6) is 0 Å². The highest BCUT2D eigenvalue weighted by atomic mass is 19.4. The quantitative estimate of drug-likeness (QED) is 0.860. The van der Waals surface area contributed by atoms with Gasteiger partial charge in [-0.15, -0.1) is 0 Å². The average Bonchev–Trinajstić information content (AvgIpc) is 2.45. The molecule has 0 saturated heterocycles. The first-order valence-corrected chi connectivity index (χ1v) is 6.89. The van der Waals surface area contributed by atoms with E-state index in [1.807, 2.05) is 38.1 Å². The molecule has 0 aromatic heterocycles. The van der Waals surface area contributed by atoms with Crippen LogP contribution < -0.4 is 5.32 Å². The summed E-state index contributed by atoms with van der Waals surface area (Å²) >= 11 is 0. The summed E-state index contributed by atoms with van der Waals surface area (Å²) in [4.78, 5) is 0. The Balaban J connectivity index is 2.46. The minimum Gasteiger partial charge on any atom is -0.307 e. The van der Waals surface area contributed by atoms with Crippen LogP contribution in [0.25, 0.3) is 0 Å². The normalized spacial score (nSPS) is 13.2. The first kappa shape index (κ1) is 15.6. The summed E-state index contributed by atoms with van der Waals surface area (Å²) in [6.07, 6.45) is -4.32. The van der Waals surface area contributed by atoms with E-state index < -0.39 is 11.7 Å². The van der Waals surface area contributed by atoms with E-state index in [-0.39, 0.29) is 6.04 Å². The van der Waals surface area contributed by atoms with Crippen molar-refractivity contribution in [2.45, 2.75) is 26.1 Å². The molecule has 0 amide bonds. The molecule has 0 spiro atoms. The van der Waals surface area contributed by atoms with E-state index in [2.05, 4.69) is 5.32 Å². The molecule has 112 valence electrons. The molecule has 2 rings (SSSR count). The van der Waals surface area contributed by atoms with Crippen molar-refractivity contribution in [2.75, 3.05) is 6.54 Å². The Bertz CT molecular complexity index is 605. The Morgan fingerprint density at radius 1 is 1.05 bits per heavy atom. The molecule has 0 aliphatic carbocycles. The van der Waals surface area contributed by atoms with Gasteiger partial charge in [-0.3, -0.25) is 0 Å². The van der Waals surface area contributed by atoms with Crippen LogP contribution in [0, 0.1) is 6.92 Å². The molecule has 0 saturated carbocycles. The van der Waals surface area contributed by atoms with Gasteiger partial charge in [-0.1, -0.05) is 43.3 Å². The van der Waals surface area contributed by atoms with Gasteiger partial charge in [-0.2, -0.15) is 13.2 Å². The lowest BCUT2D eigenvalue weighted by molar-refractivity contribution is -0.137. The van der Waals surface area contributed by atoms with Gasteiger partial charge in [0, 0.05) is 0 Å². The summed E-state index contributed by atoms with van der Waals surface area (Å²) in [5, 5.41) is 3.27. The zero-order valence-corrected chi connectivity index (χ0v) is 12.0. The topological polar surface area (TPSA) is 12.0 Å². The molecule has 0 bridgehead atoms. The molecule has 0 aliphatic heterocycles. The smallest absolute Gasteiger partial charge is 0.307 e. The number of hydrogen-bond acceptors (Lipinski definition) is 1. The highest BCUT2D eigenvalue weighted by Crippen LogP contribution is 2.32. The number of hydrogen-bond donors (Lipinski definition) is 1. The van der Waals surface area contributed by atoms with E-state index in [4.69, 9.17) is 0 Å². The summed E-state index contributed by atoms with van der Waals surface area (Å²) in [6, 6.07) is 13.0. The molecule has 4 heteroatoms. The van der Waals surface area contributed by atoms with Crippen LogP contribution in [-0.4, -0.2) is 6.54 Å². The van der Waals surface area contributed by atoms with Crippen molar-refractivity contribution in [2.24, 2.45) is 0 Å². The number of alkyl halides is 3. The molecule has 1 N–H and O–H groups in total. The molecule has 2 aromatic carbocycles. The van der Waals surface area contributed by atoms with Gasteiger partial charge in [0.15, 0.2) is 0 Å². The second kappa shape index (κ2) is 6.31. The molecule has 21 heavy (non-hydrogen) atoms. The summed E-state index contributed by atoms with van der Waals surface area (Å²) < 4.78 is 38.6. The first-order chi connectivity index (χ1) is 9.93. The van der Waals surface area contributed by atoms with Crippen LogP contribution in [0.3, 0.4) is 0 Å². The van der Waals surface area contributed by atoms with Gasteiger partial charge in [-0.25, -0.2) is 0 Å². The minimum absolute atomic E-state index is 0.238. The van der Waals surface area contributed by atoms with E-state index in [1.54, 1.807) is 6.07 Å². The van der Waals surface area contributed by atoms with Crippen LogP contribution in [-0.2, 0) is 6.18 Å². The van der Waals surface area contributed by atoms with E-state index in [9.17, 15) is 13.2 Å². The fourth-order valence-corrected chi connectivity index (χ4v) is 2.42. The van der Waals surface area contributed by atoms with Gasteiger partial charge in [0.1, 0.15) is 0 Å². The van der Waals surface area contributed by atoms with Crippen molar-refractivity contribution in [1.82, 2.24) is 5.32 Å². The predicted molar refractivity (Wildman–Crippen MR) is 78.1 cm³/mol. The van der Waals surface area contributed by atoms with Crippen molar-refractivity contribution >= 4 is 0 Å². The minimum atomic E-state index is -4.32. The molecule has 1 nitrogen and oxygen atoms in total. The number of rotatable bonds is 4. The Morgan fingerprint density at radius 3 is 2.38 bits per heavy atom. The van der Waals surface area contributed by atoms with Crippen LogP contribution in [0.1, 0.15) is 35.2 Å². The van der Waals surface area contributed by atoms with Crippen LogP contribution >= 0.6 is 0 Å². The Hall–Kier alpha value is -1.81. The second-order valence-corrected chi connectivity index (χ2v) is 4.97. The fraction of sp³-hybridized carbons (Fsp3) is 0.294. The third-order valence-electron chi connectivity index (χ3n) is 3.46. The zero-order chi connectivity index (χ0) is 15.5. The summed E-state index contributed by atoms with van der Waals surface area (Å²) in [6.45, 7) is 4.58. The maximum absolute atomic E-state index is 12.9.